The first kappa shape index (κ1) is 16.9. The van der Waals surface area contributed by atoms with Crippen LogP contribution >= 0.6 is 0 Å². The minimum Gasteiger partial charge on any atom is -0.342 e. The van der Waals surface area contributed by atoms with Gasteiger partial charge in [-0.25, -0.2) is 4.39 Å². The average molecular weight is 332 g/mol. The van der Waals surface area contributed by atoms with E-state index in [-0.39, 0.29) is 23.5 Å². The van der Waals surface area contributed by atoms with Crippen molar-refractivity contribution in [1.82, 2.24) is 9.80 Å². The van der Waals surface area contributed by atoms with Crippen LogP contribution in [0.1, 0.15) is 43.0 Å². The predicted molar refractivity (Wildman–Crippen MR) is 90.0 cm³/mol. The quantitative estimate of drug-likeness (QED) is 0.835. The molecule has 2 heterocycles. The van der Waals surface area contributed by atoms with Crippen LogP contribution in [0, 0.1) is 17.7 Å². The van der Waals surface area contributed by atoms with Gasteiger partial charge in [0.25, 0.3) is 5.91 Å². The van der Waals surface area contributed by atoms with Crippen LogP contribution in [0.3, 0.4) is 0 Å². The fraction of sp³-hybridized carbons (Fsp3) is 0.579. The Kier molecular flexibility index (Phi) is 5.17. The largest absolute Gasteiger partial charge is 0.342 e. The molecule has 2 fully saturated rings. The standard InChI is InChI=1S/C19H25FN2O2/c1-14-4-2-10-21(12-14)19(24)16-5-3-11-22(13-16)18(23)15-6-8-17(20)9-7-15/h6-9,14,16H,2-5,10-13H2,1H3/t14-,16+/m0/s1. The third-order valence-electron chi connectivity index (χ3n) is 5.12. The number of nitrogens with zero attached hydrogens (tertiary/aromatic N) is 2. The van der Waals surface area contributed by atoms with Gasteiger partial charge in [-0.2, -0.15) is 0 Å². The molecule has 4 nitrogen and oxygen atoms in total. The minimum absolute atomic E-state index is 0.103. The van der Waals surface area contributed by atoms with E-state index in [1.807, 2.05) is 4.90 Å². The van der Waals surface area contributed by atoms with Crippen molar-refractivity contribution in [3.63, 3.8) is 0 Å². The Balaban J connectivity index is 1.64. The lowest BCUT2D eigenvalue weighted by Gasteiger charge is -2.37. The first-order chi connectivity index (χ1) is 11.5. The Labute approximate surface area is 142 Å². The summed E-state index contributed by atoms with van der Waals surface area (Å²) in [6, 6.07) is 5.62. The van der Waals surface area contributed by atoms with E-state index in [0.29, 0.717) is 24.6 Å². The molecule has 3 rings (SSSR count). The number of rotatable bonds is 2. The highest BCUT2D eigenvalue weighted by molar-refractivity contribution is 5.94. The third kappa shape index (κ3) is 3.77. The molecule has 5 heteroatoms. The number of carbonyl (C=O) groups is 2. The van der Waals surface area contributed by atoms with Crippen molar-refractivity contribution in [2.24, 2.45) is 11.8 Å². The number of amides is 2. The van der Waals surface area contributed by atoms with Crippen molar-refractivity contribution in [2.75, 3.05) is 26.2 Å². The lowest BCUT2D eigenvalue weighted by atomic mass is 9.93. The molecule has 2 aliphatic heterocycles. The summed E-state index contributed by atoms with van der Waals surface area (Å²) in [6.45, 7) is 4.99. The van der Waals surface area contributed by atoms with Gasteiger partial charge in [0.05, 0.1) is 5.92 Å². The van der Waals surface area contributed by atoms with Crippen molar-refractivity contribution in [3.05, 3.63) is 35.6 Å². The molecular weight excluding hydrogens is 307 g/mol. The second kappa shape index (κ2) is 7.32. The summed E-state index contributed by atoms with van der Waals surface area (Å²) >= 11 is 0. The van der Waals surface area contributed by atoms with E-state index in [1.54, 1.807) is 4.90 Å². The fourth-order valence-electron chi connectivity index (χ4n) is 3.79. The number of halogens is 1. The summed E-state index contributed by atoms with van der Waals surface area (Å²) in [5.41, 5.74) is 0.482. The monoisotopic (exact) mass is 332 g/mol. The van der Waals surface area contributed by atoms with Crippen LogP contribution in [0.4, 0.5) is 4.39 Å². The summed E-state index contributed by atoms with van der Waals surface area (Å²) < 4.78 is 13.0. The van der Waals surface area contributed by atoms with E-state index in [0.717, 1.165) is 32.4 Å². The summed E-state index contributed by atoms with van der Waals surface area (Å²) in [6.07, 6.45) is 3.94. The molecule has 0 aromatic heterocycles. The Bertz CT molecular complexity index is 602. The van der Waals surface area contributed by atoms with Gasteiger partial charge in [0.1, 0.15) is 5.82 Å². The molecule has 0 bridgehead atoms. The SMILES string of the molecule is C[C@H]1CCCN(C(=O)[C@@H]2CCCN(C(=O)c3ccc(F)cc3)C2)C1. The number of likely N-dealkylation sites (tertiary alicyclic amines) is 2. The predicted octanol–water partition coefficient (Wildman–Crippen LogP) is 2.94. The topological polar surface area (TPSA) is 40.6 Å². The second-order valence-corrected chi connectivity index (χ2v) is 7.13. The first-order valence-corrected chi connectivity index (χ1v) is 8.88. The zero-order valence-electron chi connectivity index (χ0n) is 14.2. The van der Waals surface area contributed by atoms with Gasteiger partial charge < -0.3 is 9.80 Å². The number of hydrogen-bond acceptors (Lipinski definition) is 2. The summed E-state index contributed by atoms with van der Waals surface area (Å²) in [5.74, 6) is 0.187. The molecule has 0 saturated carbocycles. The van der Waals surface area contributed by atoms with E-state index in [2.05, 4.69) is 6.92 Å². The Hall–Kier alpha value is -1.91. The van der Waals surface area contributed by atoms with Crippen LogP contribution in [-0.2, 0) is 4.79 Å². The first-order valence-electron chi connectivity index (χ1n) is 8.88. The molecular formula is C19H25FN2O2. The molecule has 2 aliphatic rings. The smallest absolute Gasteiger partial charge is 0.253 e. The van der Waals surface area contributed by atoms with Gasteiger partial charge in [-0.05, 0) is 55.9 Å². The molecule has 0 spiro atoms. The van der Waals surface area contributed by atoms with Crippen LogP contribution in [0.25, 0.3) is 0 Å². The van der Waals surface area contributed by atoms with E-state index >= 15 is 0 Å². The van der Waals surface area contributed by atoms with Crippen molar-refractivity contribution < 1.29 is 14.0 Å². The maximum absolute atomic E-state index is 13.0. The van der Waals surface area contributed by atoms with Crippen LogP contribution < -0.4 is 0 Å². The zero-order chi connectivity index (χ0) is 17.1. The van der Waals surface area contributed by atoms with E-state index < -0.39 is 0 Å². The average Bonchev–Trinajstić information content (AvgIpc) is 2.61. The lowest BCUT2D eigenvalue weighted by Crippen LogP contribution is -2.48. The summed E-state index contributed by atoms with van der Waals surface area (Å²) in [7, 11) is 0. The highest BCUT2D eigenvalue weighted by Crippen LogP contribution is 2.24. The molecule has 2 atom stereocenters. The molecule has 24 heavy (non-hydrogen) atoms. The molecule has 2 amide bonds. The Morgan fingerprint density at radius 2 is 1.67 bits per heavy atom. The maximum atomic E-state index is 13.0. The van der Waals surface area contributed by atoms with Gasteiger partial charge in [0, 0.05) is 31.7 Å². The molecule has 0 unspecified atom stereocenters. The molecule has 1 aromatic carbocycles. The number of carbonyl (C=O) groups excluding carboxylic acids is 2. The van der Waals surface area contributed by atoms with Crippen molar-refractivity contribution >= 4 is 11.8 Å². The molecule has 0 aliphatic carbocycles. The van der Waals surface area contributed by atoms with Crippen molar-refractivity contribution in [3.8, 4) is 0 Å². The molecule has 130 valence electrons. The van der Waals surface area contributed by atoms with Gasteiger partial charge in [-0.3, -0.25) is 9.59 Å². The van der Waals surface area contributed by atoms with Gasteiger partial charge in [0.15, 0.2) is 0 Å². The normalized spacial score (nSPS) is 24.8. The van der Waals surface area contributed by atoms with Crippen molar-refractivity contribution in [1.29, 1.82) is 0 Å². The lowest BCUT2D eigenvalue weighted by molar-refractivity contribution is -0.138. The molecule has 2 saturated heterocycles. The second-order valence-electron chi connectivity index (χ2n) is 7.13. The van der Waals surface area contributed by atoms with Gasteiger partial charge in [-0.1, -0.05) is 6.92 Å². The minimum atomic E-state index is -0.350. The highest BCUT2D eigenvalue weighted by Gasteiger charge is 2.32. The van der Waals surface area contributed by atoms with Crippen molar-refractivity contribution in [2.45, 2.75) is 32.6 Å². The summed E-state index contributed by atoms with van der Waals surface area (Å²) in [4.78, 5) is 29.1. The highest BCUT2D eigenvalue weighted by atomic mass is 19.1. The maximum Gasteiger partial charge on any atom is 0.253 e. The van der Waals surface area contributed by atoms with E-state index in [9.17, 15) is 14.0 Å². The third-order valence-corrected chi connectivity index (χ3v) is 5.12. The summed E-state index contributed by atoms with van der Waals surface area (Å²) in [5, 5.41) is 0. The van der Waals surface area contributed by atoms with Gasteiger partial charge in [-0.15, -0.1) is 0 Å². The van der Waals surface area contributed by atoms with Crippen LogP contribution in [0.15, 0.2) is 24.3 Å². The number of hydrogen-bond donors (Lipinski definition) is 0. The van der Waals surface area contributed by atoms with Crippen LogP contribution in [-0.4, -0.2) is 47.8 Å². The molecule has 1 aromatic rings. The van der Waals surface area contributed by atoms with Crippen LogP contribution in [0.5, 0.6) is 0 Å². The molecule has 0 radical (unpaired) electrons. The molecule has 0 N–H and O–H groups in total. The van der Waals surface area contributed by atoms with E-state index in [4.69, 9.17) is 0 Å². The number of piperidine rings is 2. The van der Waals surface area contributed by atoms with Gasteiger partial charge >= 0.3 is 0 Å². The Morgan fingerprint density at radius 3 is 2.38 bits per heavy atom. The number of benzene rings is 1. The zero-order valence-corrected chi connectivity index (χ0v) is 14.2. The Morgan fingerprint density at radius 1 is 1.00 bits per heavy atom. The van der Waals surface area contributed by atoms with Gasteiger partial charge in [0.2, 0.25) is 5.91 Å². The van der Waals surface area contributed by atoms with E-state index in [1.165, 1.54) is 30.7 Å². The fourth-order valence-corrected chi connectivity index (χ4v) is 3.79. The van der Waals surface area contributed by atoms with Crippen LogP contribution in [0.2, 0.25) is 0 Å².